The molecule has 12 heteroatoms. The zero-order valence-electron chi connectivity index (χ0n) is 22.5. The van der Waals surface area contributed by atoms with Gasteiger partial charge in [-0.25, -0.2) is 9.37 Å². The number of pyridine rings is 1. The van der Waals surface area contributed by atoms with Crippen molar-refractivity contribution in [3.8, 4) is 16.9 Å². The van der Waals surface area contributed by atoms with Crippen LogP contribution in [0, 0.1) is 5.82 Å². The Balaban J connectivity index is 1.74. The fourth-order valence-electron chi connectivity index (χ4n) is 3.01. The summed E-state index contributed by atoms with van der Waals surface area (Å²) in [6.45, 7) is -4.46. The van der Waals surface area contributed by atoms with E-state index in [9.17, 15) is 17.6 Å². The molecule has 1 aromatic carbocycles. The van der Waals surface area contributed by atoms with Crippen LogP contribution in [0.2, 0.25) is 10.0 Å². The largest absolute Gasteiger partial charge is 0.472 e. The Kier molecular flexibility index (Phi) is 4.81. The van der Waals surface area contributed by atoms with E-state index in [1.165, 1.54) is 12.4 Å². The standard InChI is InChI=1S/C21H19Cl2F4N5O/c22-14-1-2-15(24)18(23)17(14)19(21(25,26)27)33-16-7-11(8-30-20(16)28)12-9-31-32(10-12)13-3-5-29-6-4-13/h1-2,7-10,13,19,29H,3-6H2,(H2,28,30)/i5D2,6D2,13D,19D. The molecule has 3 heterocycles. The van der Waals surface area contributed by atoms with Crippen molar-refractivity contribution in [3.05, 3.63) is 58.2 Å². The molecule has 4 rings (SSSR count). The van der Waals surface area contributed by atoms with Gasteiger partial charge in [-0.1, -0.05) is 23.2 Å². The van der Waals surface area contributed by atoms with E-state index in [1.54, 1.807) is 0 Å². The molecule has 2 aromatic heterocycles. The molecule has 1 atom stereocenters. The van der Waals surface area contributed by atoms with Crippen LogP contribution in [0.15, 0.2) is 36.8 Å². The van der Waals surface area contributed by atoms with Crippen molar-refractivity contribution in [3.63, 3.8) is 0 Å². The number of nitrogens with zero attached hydrogens (tertiary/aromatic N) is 3. The van der Waals surface area contributed by atoms with Crippen LogP contribution < -0.4 is 15.8 Å². The normalized spacial score (nSPS) is 23.7. The number of ether oxygens (including phenoxy) is 1. The first kappa shape index (κ1) is 17.0. The summed E-state index contributed by atoms with van der Waals surface area (Å²) in [7, 11) is 0. The van der Waals surface area contributed by atoms with Crippen LogP contribution in [0.25, 0.3) is 11.1 Å². The second-order valence-corrected chi connectivity index (χ2v) is 7.61. The van der Waals surface area contributed by atoms with Crippen LogP contribution in [0.1, 0.15) is 38.7 Å². The third kappa shape index (κ3) is 5.02. The Labute approximate surface area is 205 Å². The van der Waals surface area contributed by atoms with Crippen molar-refractivity contribution < 1.29 is 30.5 Å². The Morgan fingerprint density at radius 1 is 1.27 bits per heavy atom. The number of hydrogen-bond acceptors (Lipinski definition) is 5. The Morgan fingerprint density at radius 2 is 2.00 bits per heavy atom. The summed E-state index contributed by atoms with van der Waals surface area (Å²) in [4.78, 5) is 3.81. The second kappa shape index (κ2) is 9.36. The molecule has 1 fully saturated rings. The van der Waals surface area contributed by atoms with E-state index in [4.69, 9.17) is 41.9 Å². The Bertz CT molecular complexity index is 1410. The zero-order valence-corrected chi connectivity index (χ0v) is 18.0. The van der Waals surface area contributed by atoms with Gasteiger partial charge in [0.25, 0.3) is 0 Å². The van der Waals surface area contributed by atoms with Crippen LogP contribution in [0.4, 0.5) is 23.4 Å². The molecule has 33 heavy (non-hydrogen) atoms. The summed E-state index contributed by atoms with van der Waals surface area (Å²) in [6.07, 6.45) is -6.78. The number of benzene rings is 1. The number of nitrogens with one attached hydrogen (secondary N) is 1. The number of aromatic nitrogens is 3. The van der Waals surface area contributed by atoms with Gasteiger partial charge in [0, 0.05) is 39.6 Å². The Morgan fingerprint density at radius 3 is 2.70 bits per heavy atom. The van der Waals surface area contributed by atoms with Gasteiger partial charge in [0.05, 0.1) is 20.0 Å². The quantitative estimate of drug-likeness (QED) is 0.346. The molecule has 0 bridgehead atoms. The molecule has 0 radical (unpaired) electrons. The van der Waals surface area contributed by atoms with Gasteiger partial charge >= 0.3 is 6.18 Å². The maximum Gasteiger partial charge on any atom is 0.429 e. The summed E-state index contributed by atoms with van der Waals surface area (Å²) in [6, 6.07) is 0.689. The molecule has 0 spiro atoms. The van der Waals surface area contributed by atoms with E-state index < -0.39 is 77.1 Å². The molecule has 0 amide bonds. The predicted molar refractivity (Wildman–Crippen MR) is 117 cm³/mol. The van der Waals surface area contributed by atoms with Gasteiger partial charge in [0.1, 0.15) is 5.82 Å². The lowest BCUT2D eigenvalue weighted by Gasteiger charge is -2.24. The highest BCUT2D eigenvalue weighted by atomic mass is 35.5. The van der Waals surface area contributed by atoms with Gasteiger partial charge in [-0.05, 0) is 44.0 Å². The summed E-state index contributed by atoms with van der Waals surface area (Å²) in [5.41, 5.74) is 4.81. The van der Waals surface area contributed by atoms with E-state index in [0.717, 1.165) is 29.1 Å². The van der Waals surface area contributed by atoms with Crippen LogP contribution >= 0.6 is 23.2 Å². The molecule has 1 saturated heterocycles. The molecule has 6 nitrogen and oxygen atoms in total. The first-order valence-corrected chi connectivity index (χ1v) is 10.0. The SMILES string of the molecule is [2H]C1([2H])CC([2H])(n2cc(-c3cnc(N)c(OC([2H])(c4c(Cl)ccc(F)c4Cl)C(F)(F)F)c3)cn2)CC([2H])([2H])N1. The van der Waals surface area contributed by atoms with Crippen LogP contribution in [0.3, 0.4) is 0 Å². The van der Waals surface area contributed by atoms with Crippen molar-refractivity contribution in [2.75, 3.05) is 18.7 Å². The lowest BCUT2D eigenvalue weighted by atomic mass is 10.1. The average molecular weight is 510 g/mol. The molecule has 1 aliphatic heterocycles. The highest BCUT2D eigenvalue weighted by Gasteiger charge is 2.46. The van der Waals surface area contributed by atoms with Gasteiger partial charge in [-0.15, -0.1) is 0 Å². The fraction of sp³-hybridized carbons (Fsp3) is 0.333. The minimum absolute atomic E-state index is 0.0787. The molecule has 3 N–H and O–H groups in total. The zero-order chi connectivity index (χ0) is 29.2. The molecule has 1 aliphatic rings. The van der Waals surface area contributed by atoms with E-state index in [2.05, 4.69) is 15.4 Å². The fourth-order valence-corrected chi connectivity index (χ4v) is 3.56. The number of piperidine rings is 1. The van der Waals surface area contributed by atoms with E-state index in [1.807, 2.05) is 0 Å². The third-order valence-corrected chi connectivity index (χ3v) is 5.31. The first-order chi connectivity index (χ1) is 17.8. The number of nitrogens with two attached hydrogens (primary N) is 1. The van der Waals surface area contributed by atoms with Crippen LogP contribution in [-0.4, -0.2) is 33.9 Å². The number of halogens is 6. The lowest BCUT2D eigenvalue weighted by Crippen LogP contribution is -2.29. The van der Waals surface area contributed by atoms with Crippen molar-refractivity contribution in [2.45, 2.75) is 31.1 Å². The summed E-state index contributed by atoms with van der Waals surface area (Å²) < 4.78 is 111. The summed E-state index contributed by atoms with van der Waals surface area (Å²) in [5, 5.41) is 4.47. The monoisotopic (exact) mass is 509 g/mol. The number of alkyl halides is 3. The van der Waals surface area contributed by atoms with E-state index >= 15 is 0 Å². The van der Waals surface area contributed by atoms with Gasteiger partial charge in [-0.3, -0.25) is 4.68 Å². The van der Waals surface area contributed by atoms with E-state index in [0.29, 0.717) is 0 Å². The summed E-state index contributed by atoms with van der Waals surface area (Å²) in [5.74, 6) is -2.53. The minimum Gasteiger partial charge on any atom is -0.472 e. The van der Waals surface area contributed by atoms with Crippen LogP contribution in [-0.2, 0) is 0 Å². The number of nitrogen functional groups attached to an aromatic ring is 1. The number of hydrogen-bond donors (Lipinski definition) is 2. The number of rotatable bonds is 5. The lowest BCUT2D eigenvalue weighted by molar-refractivity contribution is -0.197. The average Bonchev–Trinajstić information content (AvgIpc) is 3.26. The van der Waals surface area contributed by atoms with Crippen molar-refractivity contribution >= 4 is 29.0 Å². The third-order valence-electron chi connectivity index (χ3n) is 4.62. The number of anilines is 1. The maximum atomic E-state index is 14.2. The minimum atomic E-state index is -5.48. The van der Waals surface area contributed by atoms with Gasteiger partial charge in [0.2, 0.25) is 6.08 Å². The molecule has 176 valence electrons. The molecular formula is C21H19Cl2F4N5O. The highest BCUT2D eigenvalue weighted by molar-refractivity contribution is 6.36. The first-order valence-electron chi connectivity index (χ1n) is 12.3. The van der Waals surface area contributed by atoms with Gasteiger partial charge in [0.15, 0.2) is 11.6 Å². The Hall–Kier alpha value is -2.56. The molecule has 1 unspecified atom stereocenters. The molecule has 3 aromatic rings. The van der Waals surface area contributed by atoms with Gasteiger partial charge < -0.3 is 15.8 Å². The highest BCUT2D eigenvalue weighted by Crippen LogP contribution is 2.44. The molecular weight excluding hydrogens is 485 g/mol. The second-order valence-electron chi connectivity index (χ2n) is 6.83. The van der Waals surface area contributed by atoms with Crippen molar-refractivity contribution in [2.24, 2.45) is 0 Å². The van der Waals surface area contributed by atoms with Crippen molar-refractivity contribution in [1.82, 2.24) is 20.1 Å². The summed E-state index contributed by atoms with van der Waals surface area (Å²) >= 11 is 11.6. The van der Waals surface area contributed by atoms with Crippen molar-refractivity contribution in [1.29, 1.82) is 0 Å². The topological polar surface area (TPSA) is 78.0 Å². The van der Waals surface area contributed by atoms with E-state index in [-0.39, 0.29) is 11.1 Å². The smallest absolute Gasteiger partial charge is 0.429 e. The molecule has 0 aliphatic carbocycles. The van der Waals surface area contributed by atoms with Gasteiger partial charge in [-0.2, -0.15) is 18.3 Å². The maximum absolute atomic E-state index is 14.2. The molecule has 0 saturated carbocycles. The van der Waals surface area contributed by atoms with Crippen LogP contribution in [0.5, 0.6) is 5.75 Å². The predicted octanol–water partition coefficient (Wildman–Crippen LogP) is 5.58.